The van der Waals surface area contributed by atoms with Crippen LogP contribution in [0.2, 0.25) is 0 Å². The average molecular weight is 778 g/mol. The molecule has 0 saturated carbocycles. The van der Waals surface area contributed by atoms with Crippen LogP contribution in [0.25, 0.3) is 116 Å². The molecule has 0 saturated heterocycles. The van der Waals surface area contributed by atoms with E-state index in [1.165, 1.54) is 32.4 Å². The van der Waals surface area contributed by atoms with Gasteiger partial charge >= 0.3 is 0 Å². The van der Waals surface area contributed by atoms with Crippen molar-refractivity contribution in [3.8, 4) is 62.2 Å². The molecule has 12 aromatic rings. The minimum absolute atomic E-state index is 0.623. The number of para-hydroxylation sites is 2. The number of hydrogen-bond acceptors (Lipinski definition) is 4. The van der Waals surface area contributed by atoms with Crippen LogP contribution in [0.3, 0.4) is 0 Å². The van der Waals surface area contributed by atoms with E-state index in [1.807, 2.05) is 60.7 Å². The summed E-state index contributed by atoms with van der Waals surface area (Å²) in [5.41, 5.74) is 11.4. The third-order valence-corrected chi connectivity index (χ3v) is 11.8. The van der Waals surface area contributed by atoms with Crippen molar-refractivity contribution in [3.05, 3.63) is 212 Å². The molecule has 3 heterocycles. The molecule has 61 heavy (non-hydrogen) atoms. The van der Waals surface area contributed by atoms with Gasteiger partial charge in [0.1, 0.15) is 0 Å². The normalized spacial score (nSPS) is 11.6. The number of fused-ring (bicyclic) bond motifs is 8. The Bertz CT molecular complexity index is 3550. The fourth-order valence-corrected chi connectivity index (χ4v) is 9.02. The van der Waals surface area contributed by atoms with E-state index in [9.17, 15) is 0 Å². The molecule has 5 nitrogen and oxygen atoms in total. The average Bonchev–Trinajstić information content (AvgIpc) is 3.68. The topological polar surface area (TPSA) is 56.5 Å². The Morgan fingerprint density at radius 3 is 1.51 bits per heavy atom. The molecule has 0 aliphatic carbocycles. The van der Waals surface area contributed by atoms with Crippen LogP contribution in [0.1, 0.15) is 0 Å². The highest BCUT2D eigenvalue weighted by Gasteiger charge is 2.22. The Labute approximate surface area is 351 Å². The molecule has 5 heteroatoms. The summed E-state index contributed by atoms with van der Waals surface area (Å²) in [5.74, 6) is 1.90. The summed E-state index contributed by atoms with van der Waals surface area (Å²) in [6.45, 7) is 0. The van der Waals surface area contributed by atoms with Crippen molar-refractivity contribution in [1.82, 2.24) is 24.5 Å². The van der Waals surface area contributed by atoms with Gasteiger partial charge in [0.15, 0.2) is 17.5 Å². The molecule has 0 radical (unpaired) electrons. The maximum atomic E-state index is 5.57. The molecular formula is C56H35N5. The predicted octanol–water partition coefficient (Wildman–Crippen LogP) is 14.2. The summed E-state index contributed by atoms with van der Waals surface area (Å²) in [7, 11) is 0. The van der Waals surface area contributed by atoms with Crippen molar-refractivity contribution in [2.24, 2.45) is 0 Å². The van der Waals surface area contributed by atoms with Crippen LogP contribution >= 0.6 is 0 Å². The molecule has 0 fully saturated rings. The number of rotatable bonds is 6. The van der Waals surface area contributed by atoms with Crippen molar-refractivity contribution in [2.75, 3.05) is 0 Å². The molecule has 284 valence electrons. The number of hydrogen-bond donors (Lipinski definition) is 0. The number of pyridine rings is 1. The van der Waals surface area contributed by atoms with Crippen LogP contribution in [0.5, 0.6) is 0 Å². The number of nitrogens with zero attached hydrogens (tertiary/aromatic N) is 5. The van der Waals surface area contributed by atoms with Gasteiger partial charge in [0.05, 0.1) is 27.9 Å². The Kier molecular flexibility index (Phi) is 8.10. The van der Waals surface area contributed by atoms with Gasteiger partial charge in [-0.05, 0) is 29.1 Å². The second kappa shape index (κ2) is 14.2. The van der Waals surface area contributed by atoms with Gasteiger partial charge in [-0.25, -0.2) is 19.9 Å². The molecule has 3 aromatic heterocycles. The highest BCUT2D eigenvalue weighted by atomic mass is 15.0. The summed E-state index contributed by atoms with van der Waals surface area (Å²) in [6.07, 6.45) is 0. The van der Waals surface area contributed by atoms with Gasteiger partial charge in [-0.15, -0.1) is 0 Å². The Morgan fingerprint density at radius 2 is 0.820 bits per heavy atom. The molecule has 0 unspecified atom stereocenters. The van der Waals surface area contributed by atoms with Gasteiger partial charge in [0, 0.05) is 60.1 Å². The molecule has 0 amide bonds. The van der Waals surface area contributed by atoms with Crippen LogP contribution in [0.4, 0.5) is 0 Å². The van der Waals surface area contributed by atoms with E-state index in [4.69, 9.17) is 19.9 Å². The van der Waals surface area contributed by atoms with Crippen molar-refractivity contribution >= 4 is 54.3 Å². The van der Waals surface area contributed by atoms with Gasteiger partial charge in [0.2, 0.25) is 0 Å². The molecule has 0 bridgehead atoms. The zero-order valence-corrected chi connectivity index (χ0v) is 32.9. The predicted molar refractivity (Wildman–Crippen MR) is 252 cm³/mol. The summed E-state index contributed by atoms with van der Waals surface area (Å²) in [6, 6.07) is 74.5. The molecular weight excluding hydrogens is 743 g/mol. The Balaban J connectivity index is 1.09. The van der Waals surface area contributed by atoms with Gasteiger partial charge in [0.25, 0.3) is 0 Å². The molecule has 0 aliphatic heterocycles. The molecule has 0 aliphatic rings. The lowest BCUT2D eigenvalue weighted by atomic mass is 9.93. The Hall–Kier alpha value is -8.28. The van der Waals surface area contributed by atoms with E-state index >= 15 is 0 Å². The summed E-state index contributed by atoms with van der Waals surface area (Å²) < 4.78 is 2.44. The smallest absolute Gasteiger partial charge is 0.164 e. The quantitative estimate of drug-likeness (QED) is 0.158. The first kappa shape index (κ1) is 34.7. The van der Waals surface area contributed by atoms with E-state index in [1.54, 1.807) is 0 Å². The SMILES string of the molecule is c1ccc(-c2nc(-c3ccccc3)nc(-c3ccc(-c4cccc5c4nc(-c4ccccc4)c4ccc6c(c7ccccc7n6-c6cccc7ccccc67)c45)cc3)n2)cc1. The third-order valence-electron chi connectivity index (χ3n) is 11.8. The van der Waals surface area contributed by atoms with Crippen LogP contribution in [-0.2, 0) is 0 Å². The van der Waals surface area contributed by atoms with Gasteiger partial charge in [-0.2, -0.15) is 0 Å². The van der Waals surface area contributed by atoms with Gasteiger partial charge in [-0.3, -0.25) is 0 Å². The van der Waals surface area contributed by atoms with Crippen LogP contribution < -0.4 is 0 Å². The highest BCUT2D eigenvalue weighted by Crippen LogP contribution is 2.44. The van der Waals surface area contributed by atoms with Crippen molar-refractivity contribution in [1.29, 1.82) is 0 Å². The molecule has 9 aromatic carbocycles. The minimum Gasteiger partial charge on any atom is -0.309 e. The molecule has 0 N–H and O–H groups in total. The van der Waals surface area contributed by atoms with Crippen LogP contribution in [-0.4, -0.2) is 24.5 Å². The summed E-state index contributed by atoms with van der Waals surface area (Å²) >= 11 is 0. The second-order valence-corrected chi connectivity index (χ2v) is 15.4. The highest BCUT2D eigenvalue weighted by molar-refractivity contribution is 6.30. The largest absolute Gasteiger partial charge is 0.309 e. The monoisotopic (exact) mass is 777 g/mol. The van der Waals surface area contributed by atoms with Crippen molar-refractivity contribution in [2.45, 2.75) is 0 Å². The first-order valence-corrected chi connectivity index (χ1v) is 20.6. The number of benzene rings is 9. The fraction of sp³-hybridized carbons (Fsp3) is 0. The van der Waals surface area contributed by atoms with E-state index in [2.05, 4.69) is 156 Å². The lowest BCUT2D eigenvalue weighted by Gasteiger charge is -2.15. The van der Waals surface area contributed by atoms with Crippen LogP contribution in [0.15, 0.2) is 212 Å². The first-order valence-electron chi connectivity index (χ1n) is 20.6. The van der Waals surface area contributed by atoms with E-state index in [0.29, 0.717) is 17.5 Å². The molecule has 0 spiro atoms. The second-order valence-electron chi connectivity index (χ2n) is 15.4. The zero-order chi connectivity index (χ0) is 40.3. The van der Waals surface area contributed by atoms with Gasteiger partial charge in [-0.1, -0.05) is 194 Å². The lowest BCUT2D eigenvalue weighted by molar-refractivity contribution is 1.07. The van der Waals surface area contributed by atoms with Gasteiger partial charge < -0.3 is 4.57 Å². The molecule has 12 rings (SSSR count). The van der Waals surface area contributed by atoms with E-state index < -0.39 is 0 Å². The van der Waals surface area contributed by atoms with Crippen LogP contribution in [0, 0.1) is 0 Å². The van der Waals surface area contributed by atoms with Crippen molar-refractivity contribution < 1.29 is 0 Å². The third kappa shape index (κ3) is 5.78. The maximum absolute atomic E-state index is 5.57. The number of aromatic nitrogens is 5. The summed E-state index contributed by atoms with van der Waals surface area (Å²) in [5, 5.41) is 8.29. The minimum atomic E-state index is 0.623. The molecule has 0 atom stereocenters. The summed E-state index contributed by atoms with van der Waals surface area (Å²) in [4.78, 5) is 20.4. The zero-order valence-electron chi connectivity index (χ0n) is 32.9. The standard InChI is InChI=1S/C56H35N5/c1-4-17-38(18-5-1)52-46-34-35-49-51(44-25-12-13-28-48(44)61(49)47-29-14-23-36-16-10-11-24-42(36)47)50(46)45-27-15-26-43(53(45)57-52)37-30-32-41(33-31-37)56-59-54(39-19-6-2-7-20-39)58-55(60-56)40-21-8-3-9-22-40/h1-35H. The Morgan fingerprint density at radius 1 is 0.295 bits per heavy atom. The maximum Gasteiger partial charge on any atom is 0.164 e. The first-order chi connectivity index (χ1) is 30.3. The lowest BCUT2D eigenvalue weighted by Crippen LogP contribution is -2.00. The van der Waals surface area contributed by atoms with E-state index in [-0.39, 0.29) is 0 Å². The fourth-order valence-electron chi connectivity index (χ4n) is 9.02. The van der Waals surface area contributed by atoms with Crippen molar-refractivity contribution in [3.63, 3.8) is 0 Å². The van der Waals surface area contributed by atoms with E-state index in [0.717, 1.165) is 66.6 Å².